The van der Waals surface area contributed by atoms with E-state index < -0.39 is 0 Å². The van der Waals surface area contributed by atoms with Gasteiger partial charge in [0.1, 0.15) is 0 Å². The van der Waals surface area contributed by atoms with Gasteiger partial charge >= 0.3 is 6.03 Å². The molecule has 2 N–H and O–H groups in total. The van der Waals surface area contributed by atoms with Gasteiger partial charge in [-0.25, -0.2) is 4.79 Å². The molecule has 0 aliphatic heterocycles. The molecule has 5 heteroatoms. The quantitative estimate of drug-likeness (QED) is 0.753. The maximum atomic E-state index is 12.0. The molecule has 0 aromatic heterocycles. The van der Waals surface area contributed by atoms with E-state index in [4.69, 9.17) is 4.74 Å². The lowest BCUT2D eigenvalue weighted by molar-refractivity contribution is 0.111. The molecule has 1 fully saturated rings. The number of methoxy groups -OCH3 is 1. The zero-order valence-electron chi connectivity index (χ0n) is 11.7. The Bertz CT molecular complexity index is 261. The molecule has 0 aromatic carbocycles. The monoisotopic (exact) mass is 258 g/mol. The van der Waals surface area contributed by atoms with E-state index >= 15 is 0 Å². The molecule has 0 spiro atoms. The summed E-state index contributed by atoms with van der Waals surface area (Å²) < 4.78 is 5.05. The van der Waals surface area contributed by atoms with Crippen LogP contribution in [0.15, 0.2) is 0 Å². The molecule has 5 nitrogen and oxygen atoms in total. The molecule has 1 rings (SSSR count). The third-order valence-corrected chi connectivity index (χ3v) is 3.66. The Morgan fingerprint density at radius 1 is 1.56 bits per heavy atom. The van der Waals surface area contributed by atoms with Crippen molar-refractivity contribution in [3.05, 3.63) is 0 Å². The normalized spacial score (nSPS) is 24.9. The van der Waals surface area contributed by atoms with Gasteiger partial charge in [0, 0.05) is 26.6 Å². The van der Waals surface area contributed by atoms with E-state index in [0.29, 0.717) is 13.2 Å². The lowest BCUT2D eigenvalue weighted by Gasteiger charge is -2.26. The molecule has 0 bridgehead atoms. The molecule has 3 unspecified atom stereocenters. The van der Waals surface area contributed by atoms with Crippen molar-refractivity contribution in [2.75, 3.05) is 27.3 Å². The number of rotatable bonds is 6. The molecule has 1 saturated carbocycles. The van der Waals surface area contributed by atoms with E-state index in [1.165, 1.54) is 0 Å². The smallest absolute Gasteiger partial charge is 0.317 e. The fourth-order valence-corrected chi connectivity index (χ4v) is 2.41. The molecule has 0 radical (unpaired) electrons. The summed E-state index contributed by atoms with van der Waals surface area (Å²) in [6.07, 6.45) is 3.53. The highest BCUT2D eigenvalue weighted by Gasteiger charge is 2.27. The molecule has 0 heterocycles. The average molecular weight is 258 g/mol. The van der Waals surface area contributed by atoms with E-state index in [-0.39, 0.29) is 24.1 Å². The predicted molar refractivity (Wildman–Crippen MR) is 70.5 cm³/mol. The Labute approximate surface area is 109 Å². The van der Waals surface area contributed by atoms with E-state index in [9.17, 15) is 9.90 Å². The zero-order chi connectivity index (χ0) is 13.5. The Hall–Kier alpha value is -0.810. The molecular weight excluding hydrogens is 232 g/mol. The maximum absolute atomic E-state index is 12.0. The topological polar surface area (TPSA) is 61.8 Å². The summed E-state index contributed by atoms with van der Waals surface area (Å²) in [6, 6.07) is -0.0311. The molecule has 0 saturated heterocycles. The minimum atomic E-state index is -0.249. The van der Waals surface area contributed by atoms with E-state index in [1.54, 1.807) is 19.1 Å². The Morgan fingerprint density at radius 2 is 2.28 bits per heavy atom. The van der Waals surface area contributed by atoms with Crippen LogP contribution < -0.4 is 5.32 Å². The number of carbonyl (C=O) groups is 1. The highest BCUT2D eigenvalue weighted by molar-refractivity contribution is 5.74. The molecule has 106 valence electrons. The van der Waals surface area contributed by atoms with Gasteiger partial charge in [0.15, 0.2) is 0 Å². The number of nitrogens with one attached hydrogen (secondary N) is 1. The first kappa shape index (κ1) is 15.2. The van der Waals surface area contributed by atoms with Crippen molar-refractivity contribution in [1.82, 2.24) is 10.2 Å². The summed E-state index contributed by atoms with van der Waals surface area (Å²) in [5.74, 6) is 0.225. The summed E-state index contributed by atoms with van der Waals surface area (Å²) in [5.41, 5.74) is 0. The third kappa shape index (κ3) is 4.46. The zero-order valence-corrected chi connectivity index (χ0v) is 11.7. The van der Waals surface area contributed by atoms with Crippen molar-refractivity contribution in [3.8, 4) is 0 Å². The SMILES string of the molecule is CCC(COC)NC(=O)N(C)CC1CCCC1O. The van der Waals surface area contributed by atoms with Crippen LogP contribution in [0.25, 0.3) is 0 Å². The van der Waals surface area contributed by atoms with Gasteiger partial charge in [-0.1, -0.05) is 13.3 Å². The number of hydrogen-bond donors (Lipinski definition) is 2. The summed E-state index contributed by atoms with van der Waals surface area (Å²) in [4.78, 5) is 13.6. The van der Waals surface area contributed by atoms with Crippen LogP contribution in [-0.2, 0) is 4.74 Å². The maximum Gasteiger partial charge on any atom is 0.317 e. The van der Waals surface area contributed by atoms with Gasteiger partial charge < -0.3 is 20.1 Å². The predicted octanol–water partition coefficient (Wildman–Crippen LogP) is 1.21. The van der Waals surface area contributed by atoms with E-state index in [0.717, 1.165) is 25.7 Å². The van der Waals surface area contributed by atoms with Crippen LogP contribution in [0, 0.1) is 5.92 Å². The van der Waals surface area contributed by atoms with Crippen molar-refractivity contribution < 1.29 is 14.6 Å². The van der Waals surface area contributed by atoms with Crippen LogP contribution in [0.5, 0.6) is 0 Å². The first-order chi connectivity index (χ1) is 8.58. The van der Waals surface area contributed by atoms with Crippen molar-refractivity contribution in [3.63, 3.8) is 0 Å². The van der Waals surface area contributed by atoms with Gasteiger partial charge in [0.25, 0.3) is 0 Å². The molecule has 2 amide bonds. The van der Waals surface area contributed by atoms with Crippen LogP contribution in [0.4, 0.5) is 4.79 Å². The number of carbonyl (C=O) groups excluding carboxylic acids is 1. The minimum absolute atomic E-state index is 0.0541. The summed E-state index contributed by atoms with van der Waals surface area (Å²) >= 11 is 0. The number of hydrogen-bond acceptors (Lipinski definition) is 3. The van der Waals surface area contributed by atoms with E-state index in [2.05, 4.69) is 5.32 Å². The lowest BCUT2D eigenvalue weighted by Crippen LogP contribution is -2.46. The van der Waals surface area contributed by atoms with Crippen LogP contribution in [-0.4, -0.2) is 55.5 Å². The number of aliphatic hydroxyl groups excluding tert-OH is 1. The fraction of sp³-hybridized carbons (Fsp3) is 0.923. The second kappa shape index (κ2) is 7.59. The van der Waals surface area contributed by atoms with Gasteiger partial charge in [-0.3, -0.25) is 0 Å². The first-order valence-corrected chi connectivity index (χ1v) is 6.77. The fourth-order valence-electron chi connectivity index (χ4n) is 2.41. The standard InChI is InChI=1S/C13H26N2O3/c1-4-11(9-18-3)14-13(17)15(2)8-10-6-5-7-12(10)16/h10-12,16H,4-9H2,1-3H3,(H,14,17). The first-order valence-electron chi connectivity index (χ1n) is 6.77. The van der Waals surface area contributed by atoms with Crippen molar-refractivity contribution in [2.24, 2.45) is 5.92 Å². The average Bonchev–Trinajstić information content (AvgIpc) is 2.74. The van der Waals surface area contributed by atoms with Crippen molar-refractivity contribution in [1.29, 1.82) is 0 Å². The largest absolute Gasteiger partial charge is 0.393 e. The number of urea groups is 1. The molecule has 18 heavy (non-hydrogen) atoms. The Kier molecular flexibility index (Phi) is 6.43. The van der Waals surface area contributed by atoms with Crippen LogP contribution >= 0.6 is 0 Å². The number of amides is 2. The molecule has 1 aliphatic rings. The lowest BCUT2D eigenvalue weighted by atomic mass is 10.1. The van der Waals surface area contributed by atoms with Gasteiger partial charge in [0.2, 0.25) is 0 Å². The molecular formula is C13H26N2O3. The van der Waals surface area contributed by atoms with Gasteiger partial charge in [-0.2, -0.15) is 0 Å². The van der Waals surface area contributed by atoms with Crippen LogP contribution in [0.2, 0.25) is 0 Å². The second-order valence-corrected chi connectivity index (χ2v) is 5.15. The molecule has 1 aliphatic carbocycles. The van der Waals surface area contributed by atoms with Crippen LogP contribution in [0.3, 0.4) is 0 Å². The van der Waals surface area contributed by atoms with Crippen LogP contribution in [0.1, 0.15) is 32.6 Å². The number of ether oxygens (including phenoxy) is 1. The van der Waals surface area contributed by atoms with Crippen molar-refractivity contribution >= 4 is 6.03 Å². The minimum Gasteiger partial charge on any atom is -0.393 e. The number of nitrogens with zero attached hydrogens (tertiary/aromatic N) is 1. The highest BCUT2D eigenvalue weighted by atomic mass is 16.5. The summed E-state index contributed by atoms with van der Waals surface area (Å²) in [7, 11) is 3.41. The van der Waals surface area contributed by atoms with Gasteiger partial charge in [0.05, 0.1) is 18.8 Å². The second-order valence-electron chi connectivity index (χ2n) is 5.15. The highest BCUT2D eigenvalue weighted by Crippen LogP contribution is 2.25. The van der Waals surface area contributed by atoms with Crippen molar-refractivity contribution in [2.45, 2.75) is 44.8 Å². The Morgan fingerprint density at radius 3 is 2.78 bits per heavy atom. The third-order valence-electron chi connectivity index (χ3n) is 3.66. The van der Waals surface area contributed by atoms with E-state index in [1.807, 2.05) is 6.92 Å². The van der Waals surface area contributed by atoms with Gasteiger partial charge in [-0.05, 0) is 19.3 Å². The molecule has 3 atom stereocenters. The Balaban J connectivity index is 2.35. The summed E-state index contributed by atoms with van der Waals surface area (Å²) in [6.45, 7) is 3.17. The summed E-state index contributed by atoms with van der Waals surface area (Å²) in [5, 5.41) is 12.7. The molecule has 0 aromatic rings. The van der Waals surface area contributed by atoms with Gasteiger partial charge in [-0.15, -0.1) is 0 Å². The number of aliphatic hydroxyl groups is 1.